The van der Waals surface area contributed by atoms with Crippen molar-refractivity contribution < 1.29 is 9.47 Å². The standard InChI is InChI=1S/C8H7NO2.ClH/c9-6-2-1-3-7-8(6)11-5-4-10-7;/h1-5H,9H2;1H. The van der Waals surface area contributed by atoms with Gasteiger partial charge in [-0.1, -0.05) is 6.07 Å². The van der Waals surface area contributed by atoms with Crippen LogP contribution in [0.2, 0.25) is 0 Å². The van der Waals surface area contributed by atoms with Gasteiger partial charge in [0, 0.05) is 0 Å². The molecule has 1 aromatic rings. The summed E-state index contributed by atoms with van der Waals surface area (Å²) in [6, 6.07) is 5.38. The Morgan fingerprint density at radius 2 is 1.83 bits per heavy atom. The number of para-hydroxylation sites is 1. The largest absolute Gasteiger partial charge is 0.458 e. The Labute approximate surface area is 76.2 Å². The number of rotatable bonds is 0. The SMILES string of the molecule is Cl.Nc1cccc2c1OC=CO2. The summed E-state index contributed by atoms with van der Waals surface area (Å²) in [6.07, 6.45) is 2.93. The lowest BCUT2D eigenvalue weighted by Crippen LogP contribution is -1.99. The molecule has 0 saturated heterocycles. The Morgan fingerprint density at radius 3 is 2.58 bits per heavy atom. The number of fused-ring (bicyclic) bond motifs is 1. The van der Waals surface area contributed by atoms with Crippen molar-refractivity contribution in [3.05, 3.63) is 30.7 Å². The predicted octanol–water partition coefficient (Wildman–Crippen LogP) is 1.93. The van der Waals surface area contributed by atoms with Crippen molar-refractivity contribution in [3.8, 4) is 11.5 Å². The van der Waals surface area contributed by atoms with E-state index in [0.29, 0.717) is 17.2 Å². The molecule has 1 heterocycles. The van der Waals surface area contributed by atoms with E-state index in [4.69, 9.17) is 15.2 Å². The van der Waals surface area contributed by atoms with Crippen LogP contribution in [0, 0.1) is 0 Å². The van der Waals surface area contributed by atoms with E-state index in [2.05, 4.69) is 0 Å². The first-order chi connectivity index (χ1) is 5.38. The van der Waals surface area contributed by atoms with Crippen LogP contribution in [0.15, 0.2) is 30.7 Å². The fourth-order valence-corrected chi connectivity index (χ4v) is 0.949. The Kier molecular flexibility index (Phi) is 2.45. The van der Waals surface area contributed by atoms with E-state index in [-0.39, 0.29) is 12.4 Å². The third-order valence-corrected chi connectivity index (χ3v) is 1.45. The van der Waals surface area contributed by atoms with Crippen molar-refractivity contribution in [1.82, 2.24) is 0 Å². The van der Waals surface area contributed by atoms with Gasteiger partial charge in [0.05, 0.1) is 5.69 Å². The van der Waals surface area contributed by atoms with Crippen molar-refractivity contribution in [2.75, 3.05) is 5.73 Å². The third-order valence-electron chi connectivity index (χ3n) is 1.45. The van der Waals surface area contributed by atoms with Crippen molar-refractivity contribution in [2.24, 2.45) is 0 Å². The zero-order chi connectivity index (χ0) is 7.68. The average molecular weight is 186 g/mol. The van der Waals surface area contributed by atoms with E-state index in [1.807, 2.05) is 6.07 Å². The van der Waals surface area contributed by atoms with Crippen LogP contribution >= 0.6 is 12.4 Å². The summed E-state index contributed by atoms with van der Waals surface area (Å²) in [6.45, 7) is 0. The van der Waals surface area contributed by atoms with Crippen LogP contribution in [0.5, 0.6) is 11.5 Å². The lowest BCUT2D eigenvalue weighted by atomic mass is 10.3. The minimum atomic E-state index is 0. The van der Waals surface area contributed by atoms with Gasteiger partial charge in [-0.15, -0.1) is 12.4 Å². The minimum Gasteiger partial charge on any atom is -0.458 e. The van der Waals surface area contributed by atoms with Crippen LogP contribution in [0.3, 0.4) is 0 Å². The van der Waals surface area contributed by atoms with Crippen molar-refractivity contribution in [1.29, 1.82) is 0 Å². The van der Waals surface area contributed by atoms with Gasteiger partial charge in [0.2, 0.25) is 0 Å². The second kappa shape index (κ2) is 3.36. The number of hydrogen-bond acceptors (Lipinski definition) is 3. The van der Waals surface area contributed by atoms with Crippen molar-refractivity contribution >= 4 is 18.1 Å². The fourth-order valence-electron chi connectivity index (χ4n) is 0.949. The maximum atomic E-state index is 5.60. The van der Waals surface area contributed by atoms with E-state index in [0.717, 1.165) is 0 Å². The molecule has 0 aliphatic carbocycles. The highest BCUT2D eigenvalue weighted by Crippen LogP contribution is 2.35. The van der Waals surface area contributed by atoms with Gasteiger partial charge in [-0.3, -0.25) is 0 Å². The van der Waals surface area contributed by atoms with E-state index < -0.39 is 0 Å². The molecule has 0 spiro atoms. The van der Waals surface area contributed by atoms with Gasteiger partial charge in [0.25, 0.3) is 0 Å². The topological polar surface area (TPSA) is 44.5 Å². The van der Waals surface area contributed by atoms with E-state index in [1.54, 1.807) is 12.1 Å². The number of halogens is 1. The molecule has 64 valence electrons. The summed E-state index contributed by atoms with van der Waals surface area (Å²) in [4.78, 5) is 0. The fraction of sp³-hybridized carbons (Fsp3) is 0. The highest BCUT2D eigenvalue weighted by molar-refractivity contribution is 5.85. The minimum absolute atomic E-state index is 0. The summed E-state index contributed by atoms with van der Waals surface area (Å²) in [5, 5.41) is 0. The Morgan fingerprint density at radius 1 is 1.08 bits per heavy atom. The first kappa shape index (κ1) is 8.74. The monoisotopic (exact) mass is 185 g/mol. The smallest absolute Gasteiger partial charge is 0.191 e. The molecule has 12 heavy (non-hydrogen) atoms. The summed E-state index contributed by atoms with van der Waals surface area (Å²) in [5.74, 6) is 1.25. The molecule has 0 fully saturated rings. The van der Waals surface area contributed by atoms with Crippen LogP contribution in [-0.2, 0) is 0 Å². The molecule has 3 nitrogen and oxygen atoms in total. The van der Waals surface area contributed by atoms with Crippen LogP contribution in [-0.4, -0.2) is 0 Å². The molecule has 4 heteroatoms. The Balaban J connectivity index is 0.000000720. The first-order valence-electron chi connectivity index (χ1n) is 3.25. The molecule has 0 bridgehead atoms. The molecule has 0 radical (unpaired) electrons. The molecule has 0 amide bonds. The Bertz CT molecular complexity index is 312. The summed E-state index contributed by atoms with van der Waals surface area (Å²) in [7, 11) is 0. The number of benzene rings is 1. The number of nitrogen functional groups attached to an aromatic ring is 1. The molecule has 2 rings (SSSR count). The lowest BCUT2D eigenvalue weighted by Gasteiger charge is -2.12. The summed E-state index contributed by atoms with van der Waals surface area (Å²) >= 11 is 0. The van der Waals surface area contributed by atoms with Crippen molar-refractivity contribution in [2.45, 2.75) is 0 Å². The van der Waals surface area contributed by atoms with Crippen LogP contribution in [0.4, 0.5) is 5.69 Å². The number of nitrogens with two attached hydrogens (primary N) is 1. The maximum absolute atomic E-state index is 5.60. The number of ether oxygens (including phenoxy) is 2. The first-order valence-corrected chi connectivity index (χ1v) is 3.25. The maximum Gasteiger partial charge on any atom is 0.191 e. The summed E-state index contributed by atoms with van der Waals surface area (Å²) < 4.78 is 10.2. The van der Waals surface area contributed by atoms with Gasteiger partial charge in [0.1, 0.15) is 12.5 Å². The third kappa shape index (κ3) is 1.31. The van der Waals surface area contributed by atoms with Gasteiger partial charge in [0.15, 0.2) is 11.5 Å². The van der Waals surface area contributed by atoms with E-state index >= 15 is 0 Å². The highest BCUT2D eigenvalue weighted by Gasteiger charge is 2.09. The summed E-state index contributed by atoms with van der Waals surface area (Å²) in [5.41, 5.74) is 6.19. The van der Waals surface area contributed by atoms with Gasteiger partial charge in [-0.25, -0.2) is 0 Å². The molecule has 1 aromatic carbocycles. The predicted molar refractivity (Wildman–Crippen MR) is 48.5 cm³/mol. The number of hydrogen-bond donors (Lipinski definition) is 1. The normalized spacial score (nSPS) is 12.0. The molecule has 2 N–H and O–H groups in total. The molecule has 0 atom stereocenters. The molecule has 1 aliphatic heterocycles. The second-order valence-electron chi connectivity index (χ2n) is 2.18. The van der Waals surface area contributed by atoms with Gasteiger partial charge in [-0.05, 0) is 12.1 Å². The van der Waals surface area contributed by atoms with Gasteiger partial charge < -0.3 is 15.2 Å². The van der Waals surface area contributed by atoms with E-state index in [1.165, 1.54) is 12.5 Å². The average Bonchev–Trinajstić information content (AvgIpc) is 2.06. The van der Waals surface area contributed by atoms with Crippen LogP contribution < -0.4 is 15.2 Å². The van der Waals surface area contributed by atoms with Crippen LogP contribution in [0.1, 0.15) is 0 Å². The molecule has 0 aromatic heterocycles. The van der Waals surface area contributed by atoms with Crippen LogP contribution in [0.25, 0.3) is 0 Å². The lowest BCUT2D eigenvalue weighted by molar-refractivity contribution is 0.363. The van der Waals surface area contributed by atoms with Gasteiger partial charge >= 0.3 is 0 Å². The zero-order valence-electron chi connectivity index (χ0n) is 6.19. The highest BCUT2D eigenvalue weighted by atomic mass is 35.5. The second-order valence-corrected chi connectivity index (χ2v) is 2.18. The zero-order valence-corrected chi connectivity index (χ0v) is 7.01. The number of anilines is 1. The molecular weight excluding hydrogens is 178 g/mol. The molecule has 0 unspecified atom stereocenters. The molecule has 0 saturated carbocycles. The van der Waals surface area contributed by atoms with Gasteiger partial charge in [-0.2, -0.15) is 0 Å². The molecular formula is C8H8ClNO2. The molecule has 1 aliphatic rings. The quantitative estimate of drug-likeness (QED) is 0.629. The van der Waals surface area contributed by atoms with E-state index in [9.17, 15) is 0 Å². The Hall–Kier alpha value is -1.35. The van der Waals surface area contributed by atoms with Crippen molar-refractivity contribution in [3.63, 3.8) is 0 Å².